The molecule has 0 aliphatic heterocycles. The van der Waals surface area contributed by atoms with E-state index in [0.717, 1.165) is 0 Å². The van der Waals surface area contributed by atoms with Crippen LogP contribution in [-0.4, -0.2) is 32.7 Å². The Labute approximate surface area is 67.0 Å². The minimum Gasteiger partial charge on any atom is -0.394 e. The van der Waals surface area contributed by atoms with Crippen molar-refractivity contribution in [2.24, 2.45) is 0 Å². The molecule has 0 saturated carbocycles. The zero-order valence-corrected chi connectivity index (χ0v) is 7.70. The topological polar surface area (TPSA) is 78.4 Å². The van der Waals surface area contributed by atoms with Gasteiger partial charge in [0.15, 0.2) is 0 Å². The number of nitrogens with one attached hydrogen (secondary N) is 2. The fourth-order valence-electron chi connectivity index (χ4n) is 0.447. The molecule has 0 aliphatic rings. The summed E-state index contributed by atoms with van der Waals surface area (Å²) >= 11 is 0. The van der Waals surface area contributed by atoms with Crippen molar-refractivity contribution in [3.8, 4) is 0 Å². The molecule has 0 saturated heterocycles. The van der Waals surface area contributed by atoms with Crippen LogP contribution < -0.4 is 9.44 Å². The van der Waals surface area contributed by atoms with E-state index in [0.29, 0.717) is 0 Å². The molecule has 0 fully saturated rings. The van der Waals surface area contributed by atoms with Gasteiger partial charge in [0.25, 0.3) is 10.2 Å². The highest BCUT2D eigenvalue weighted by Gasteiger charge is 2.22. The zero-order valence-electron chi connectivity index (χ0n) is 6.88. The number of aliphatic hydroxyl groups excluding tert-OH is 1. The second kappa shape index (κ2) is 3.48. The number of hydrogen-bond donors (Lipinski definition) is 3. The summed E-state index contributed by atoms with van der Waals surface area (Å²) in [4.78, 5) is 0. The number of rotatable bonds is 4. The first kappa shape index (κ1) is 10.8. The molecule has 0 aromatic carbocycles. The lowest BCUT2D eigenvalue weighted by atomic mass is 10.1. The van der Waals surface area contributed by atoms with Gasteiger partial charge < -0.3 is 5.11 Å². The van der Waals surface area contributed by atoms with Crippen LogP contribution in [0.3, 0.4) is 0 Å². The fraction of sp³-hybridized carbons (Fsp3) is 1.00. The first-order chi connectivity index (χ1) is 4.83. The van der Waals surface area contributed by atoms with Crippen LogP contribution in [0.1, 0.15) is 13.8 Å². The molecule has 5 nitrogen and oxygen atoms in total. The van der Waals surface area contributed by atoms with Crippen molar-refractivity contribution in [1.82, 2.24) is 9.44 Å². The zero-order chi connectivity index (χ0) is 9.12. The second-order valence-electron chi connectivity index (χ2n) is 2.85. The lowest BCUT2D eigenvalue weighted by Crippen LogP contribution is -2.49. The summed E-state index contributed by atoms with van der Waals surface area (Å²) < 4.78 is 26.0. The van der Waals surface area contributed by atoms with E-state index in [1.165, 1.54) is 7.05 Å². The first-order valence-electron chi connectivity index (χ1n) is 3.16. The fourth-order valence-corrected chi connectivity index (χ4v) is 1.34. The van der Waals surface area contributed by atoms with Crippen molar-refractivity contribution >= 4 is 10.2 Å². The summed E-state index contributed by atoms with van der Waals surface area (Å²) in [6.07, 6.45) is 0. The Morgan fingerprint density at radius 3 is 2.18 bits per heavy atom. The number of hydrogen-bond acceptors (Lipinski definition) is 3. The van der Waals surface area contributed by atoms with E-state index in [4.69, 9.17) is 5.11 Å². The van der Waals surface area contributed by atoms with Gasteiger partial charge in [0, 0.05) is 7.05 Å². The van der Waals surface area contributed by atoms with E-state index < -0.39 is 15.7 Å². The van der Waals surface area contributed by atoms with Gasteiger partial charge in [-0.2, -0.15) is 13.1 Å². The van der Waals surface area contributed by atoms with Crippen molar-refractivity contribution in [3.63, 3.8) is 0 Å². The molecule has 0 heterocycles. The third-order valence-electron chi connectivity index (χ3n) is 1.07. The largest absolute Gasteiger partial charge is 0.394 e. The molecule has 0 amide bonds. The van der Waals surface area contributed by atoms with E-state index in [-0.39, 0.29) is 6.61 Å². The molecule has 0 spiro atoms. The molecule has 0 aromatic rings. The smallest absolute Gasteiger partial charge is 0.277 e. The first-order valence-corrected chi connectivity index (χ1v) is 4.64. The van der Waals surface area contributed by atoms with E-state index in [1.807, 2.05) is 0 Å². The Bertz CT molecular complexity index is 210. The van der Waals surface area contributed by atoms with Crippen molar-refractivity contribution in [2.45, 2.75) is 19.4 Å². The van der Waals surface area contributed by atoms with Gasteiger partial charge in [0.05, 0.1) is 12.1 Å². The molecular weight excluding hydrogens is 168 g/mol. The quantitative estimate of drug-likeness (QED) is 0.511. The minimum atomic E-state index is -3.45. The van der Waals surface area contributed by atoms with Gasteiger partial charge in [-0.15, -0.1) is 0 Å². The summed E-state index contributed by atoms with van der Waals surface area (Å²) in [6, 6.07) is 0. The van der Waals surface area contributed by atoms with Crippen molar-refractivity contribution < 1.29 is 13.5 Å². The average molecular weight is 182 g/mol. The lowest BCUT2D eigenvalue weighted by molar-refractivity contribution is 0.208. The molecule has 68 valence electrons. The van der Waals surface area contributed by atoms with E-state index in [2.05, 4.69) is 9.44 Å². The predicted molar refractivity (Wildman–Crippen MR) is 42.3 cm³/mol. The molecule has 0 atom stereocenters. The monoisotopic (exact) mass is 182 g/mol. The van der Waals surface area contributed by atoms with Crippen molar-refractivity contribution in [1.29, 1.82) is 0 Å². The lowest BCUT2D eigenvalue weighted by Gasteiger charge is -2.22. The van der Waals surface area contributed by atoms with Crippen LogP contribution in [-0.2, 0) is 10.2 Å². The van der Waals surface area contributed by atoms with Gasteiger partial charge in [-0.3, -0.25) is 0 Å². The van der Waals surface area contributed by atoms with Gasteiger partial charge in [-0.1, -0.05) is 0 Å². The molecule has 6 heteroatoms. The highest BCUT2D eigenvalue weighted by molar-refractivity contribution is 7.87. The van der Waals surface area contributed by atoms with Crippen LogP contribution >= 0.6 is 0 Å². The molecule has 0 aromatic heterocycles. The summed E-state index contributed by atoms with van der Waals surface area (Å²) in [5, 5.41) is 8.70. The maximum absolute atomic E-state index is 10.8. The van der Waals surface area contributed by atoms with Crippen LogP contribution in [0.2, 0.25) is 0 Å². The van der Waals surface area contributed by atoms with Crippen LogP contribution in [0.15, 0.2) is 0 Å². The highest BCUT2D eigenvalue weighted by atomic mass is 32.2. The van der Waals surface area contributed by atoms with Crippen LogP contribution in [0.25, 0.3) is 0 Å². The predicted octanol–water partition coefficient (Wildman–Crippen LogP) is -1.19. The Balaban J connectivity index is 4.26. The van der Waals surface area contributed by atoms with Gasteiger partial charge in [-0.25, -0.2) is 4.72 Å². The normalized spacial score (nSPS) is 13.5. The molecule has 0 rings (SSSR count). The maximum Gasteiger partial charge on any atom is 0.277 e. The number of aliphatic hydroxyl groups is 1. The van der Waals surface area contributed by atoms with E-state index in [1.54, 1.807) is 13.8 Å². The van der Waals surface area contributed by atoms with Crippen LogP contribution in [0.4, 0.5) is 0 Å². The molecule has 3 N–H and O–H groups in total. The molecule has 0 bridgehead atoms. The molecular formula is C5H14N2O3S. The summed E-state index contributed by atoms with van der Waals surface area (Å²) in [5.74, 6) is 0. The van der Waals surface area contributed by atoms with Gasteiger partial charge >= 0.3 is 0 Å². The summed E-state index contributed by atoms with van der Waals surface area (Å²) in [5.41, 5.74) is -0.818. The molecule has 0 aliphatic carbocycles. The van der Waals surface area contributed by atoms with E-state index >= 15 is 0 Å². The van der Waals surface area contributed by atoms with Crippen LogP contribution in [0, 0.1) is 0 Å². The highest BCUT2D eigenvalue weighted by Crippen LogP contribution is 2.00. The Hall–Kier alpha value is -0.170. The molecule has 11 heavy (non-hydrogen) atoms. The van der Waals surface area contributed by atoms with Crippen LogP contribution in [0.5, 0.6) is 0 Å². The summed E-state index contributed by atoms with van der Waals surface area (Å²) in [6.45, 7) is 2.93. The standard InChI is InChI=1S/C5H14N2O3S/c1-5(2,4-8)7-11(9,10)6-3/h6-8H,4H2,1-3H3. The van der Waals surface area contributed by atoms with Gasteiger partial charge in [0.2, 0.25) is 0 Å². The van der Waals surface area contributed by atoms with Crippen molar-refractivity contribution in [2.75, 3.05) is 13.7 Å². The Morgan fingerprint density at radius 1 is 1.45 bits per heavy atom. The molecule has 0 unspecified atom stereocenters. The minimum absolute atomic E-state index is 0.242. The Morgan fingerprint density at radius 2 is 1.91 bits per heavy atom. The average Bonchev–Trinajstić information content (AvgIpc) is 1.86. The third kappa shape index (κ3) is 4.31. The Kier molecular flexibility index (Phi) is 3.43. The maximum atomic E-state index is 10.8. The van der Waals surface area contributed by atoms with E-state index in [9.17, 15) is 8.42 Å². The SMILES string of the molecule is CNS(=O)(=O)NC(C)(C)CO. The van der Waals surface area contributed by atoms with Gasteiger partial charge in [-0.05, 0) is 13.8 Å². The third-order valence-corrected chi connectivity index (χ3v) is 2.43. The molecule has 0 radical (unpaired) electrons. The van der Waals surface area contributed by atoms with Gasteiger partial charge in [0.1, 0.15) is 0 Å². The van der Waals surface area contributed by atoms with Crippen molar-refractivity contribution in [3.05, 3.63) is 0 Å². The summed E-state index contributed by atoms with van der Waals surface area (Å²) in [7, 11) is -2.15. The second-order valence-corrected chi connectivity index (χ2v) is 4.47.